The van der Waals surface area contributed by atoms with Gasteiger partial charge in [0.25, 0.3) is 0 Å². The zero-order chi connectivity index (χ0) is 14.7. The van der Waals surface area contributed by atoms with Crippen LogP contribution in [0.4, 0.5) is 0 Å². The number of rotatable bonds is 4. The van der Waals surface area contributed by atoms with Crippen LogP contribution in [0.3, 0.4) is 0 Å². The topological polar surface area (TPSA) is 32.3 Å². The Morgan fingerprint density at radius 3 is 2.60 bits per heavy atom. The summed E-state index contributed by atoms with van der Waals surface area (Å²) in [5.74, 6) is 0.123. The molecule has 0 bridgehead atoms. The molecule has 0 aliphatic carbocycles. The Kier molecular flexibility index (Phi) is 4.69. The molecule has 2 aromatic carbocycles. The third kappa shape index (κ3) is 3.53. The minimum absolute atomic E-state index is 0.123. The van der Waals surface area contributed by atoms with Gasteiger partial charge in [0.15, 0.2) is 0 Å². The van der Waals surface area contributed by atoms with E-state index < -0.39 is 0 Å². The van der Waals surface area contributed by atoms with Gasteiger partial charge < -0.3 is 10.4 Å². The second-order valence-electron chi connectivity index (χ2n) is 5.25. The normalized spacial score (nSPS) is 12.4. The highest BCUT2D eigenvalue weighted by molar-refractivity contribution is 6.32. The first-order valence-corrected chi connectivity index (χ1v) is 7.13. The molecule has 2 nitrogen and oxygen atoms in total. The van der Waals surface area contributed by atoms with Gasteiger partial charge in [-0.05, 0) is 49.6 Å². The van der Waals surface area contributed by atoms with Crippen molar-refractivity contribution in [2.75, 3.05) is 0 Å². The molecule has 2 N–H and O–H groups in total. The summed E-state index contributed by atoms with van der Waals surface area (Å²) in [5, 5.41) is 13.3. The Morgan fingerprint density at radius 1 is 1.15 bits per heavy atom. The van der Waals surface area contributed by atoms with E-state index in [2.05, 4.69) is 44.3 Å². The fourth-order valence-electron chi connectivity index (χ4n) is 2.27. The van der Waals surface area contributed by atoms with Gasteiger partial charge in [0.2, 0.25) is 0 Å². The Hall–Kier alpha value is -1.51. The number of hydrogen-bond donors (Lipinski definition) is 2. The third-order valence-electron chi connectivity index (χ3n) is 3.53. The highest BCUT2D eigenvalue weighted by Crippen LogP contribution is 2.24. The molecule has 0 heterocycles. The summed E-state index contributed by atoms with van der Waals surface area (Å²) >= 11 is 5.91. The van der Waals surface area contributed by atoms with Gasteiger partial charge in [-0.1, -0.05) is 41.4 Å². The molecule has 0 radical (unpaired) electrons. The monoisotopic (exact) mass is 289 g/mol. The summed E-state index contributed by atoms with van der Waals surface area (Å²) in [6.45, 7) is 7.11. The van der Waals surface area contributed by atoms with Crippen molar-refractivity contribution in [3.05, 3.63) is 63.7 Å². The van der Waals surface area contributed by atoms with Crippen molar-refractivity contribution in [1.29, 1.82) is 0 Å². The van der Waals surface area contributed by atoms with Crippen molar-refractivity contribution in [1.82, 2.24) is 5.32 Å². The number of phenols is 1. The fourth-order valence-corrected chi connectivity index (χ4v) is 2.47. The molecule has 1 atom stereocenters. The van der Waals surface area contributed by atoms with Gasteiger partial charge in [0.05, 0.1) is 5.02 Å². The molecule has 0 spiro atoms. The first kappa shape index (κ1) is 14.9. The van der Waals surface area contributed by atoms with E-state index in [9.17, 15) is 5.11 Å². The molecule has 0 fully saturated rings. The Balaban J connectivity index is 2.06. The highest BCUT2D eigenvalue weighted by atomic mass is 35.5. The molecule has 1 unspecified atom stereocenters. The van der Waals surface area contributed by atoms with E-state index in [1.807, 2.05) is 6.07 Å². The van der Waals surface area contributed by atoms with E-state index in [4.69, 9.17) is 11.6 Å². The van der Waals surface area contributed by atoms with Crippen LogP contribution in [0.1, 0.15) is 35.2 Å². The van der Waals surface area contributed by atoms with Gasteiger partial charge >= 0.3 is 0 Å². The maximum Gasteiger partial charge on any atom is 0.134 e. The molecule has 0 aliphatic heterocycles. The molecule has 2 rings (SSSR count). The number of nitrogens with one attached hydrogen (secondary N) is 1. The van der Waals surface area contributed by atoms with Gasteiger partial charge in [-0.3, -0.25) is 0 Å². The highest BCUT2D eigenvalue weighted by Gasteiger charge is 2.08. The van der Waals surface area contributed by atoms with Crippen molar-refractivity contribution < 1.29 is 5.11 Å². The maximum absolute atomic E-state index is 9.41. The van der Waals surface area contributed by atoms with E-state index in [-0.39, 0.29) is 11.8 Å². The van der Waals surface area contributed by atoms with Crippen LogP contribution >= 0.6 is 11.6 Å². The SMILES string of the molecule is Cc1ccc(C)c(C(C)NCc2ccc(O)c(Cl)c2)c1. The summed E-state index contributed by atoms with van der Waals surface area (Å²) in [6.07, 6.45) is 0. The second-order valence-corrected chi connectivity index (χ2v) is 5.66. The number of aromatic hydroxyl groups is 1. The largest absolute Gasteiger partial charge is 0.506 e. The average molecular weight is 290 g/mol. The molecule has 0 saturated heterocycles. The van der Waals surface area contributed by atoms with E-state index in [1.54, 1.807) is 12.1 Å². The van der Waals surface area contributed by atoms with Crippen LogP contribution in [0.2, 0.25) is 5.02 Å². The molecule has 20 heavy (non-hydrogen) atoms. The minimum Gasteiger partial charge on any atom is -0.506 e. The van der Waals surface area contributed by atoms with E-state index >= 15 is 0 Å². The standard InChI is InChI=1S/C17H20ClNO/c1-11-4-5-12(2)15(8-11)13(3)19-10-14-6-7-17(20)16(18)9-14/h4-9,13,19-20H,10H2,1-3H3. The molecule has 0 amide bonds. The minimum atomic E-state index is 0.123. The van der Waals surface area contributed by atoms with Crippen LogP contribution in [0.25, 0.3) is 0 Å². The summed E-state index contributed by atoms with van der Waals surface area (Å²) in [5.41, 5.74) is 4.94. The Morgan fingerprint density at radius 2 is 1.90 bits per heavy atom. The lowest BCUT2D eigenvalue weighted by Crippen LogP contribution is -2.19. The smallest absolute Gasteiger partial charge is 0.134 e. The van der Waals surface area contributed by atoms with Gasteiger partial charge in [-0.15, -0.1) is 0 Å². The molecule has 106 valence electrons. The Labute approximate surface area is 125 Å². The number of aryl methyl sites for hydroxylation is 2. The van der Waals surface area contributed by atoms with Crippen molar-refractivity contribution in [2.45, 2.75) is 33.4 Å². The summed E-state index contributed by atoms with van der Waals surface area (Å²) < 4.78 is 0. The molecule has 0 aliphatic rings. The van der Waals surface area contributed by atoms with Crippen LogP contribution in [0.15, 0.2) is 36.4 Å². The molecule has 3 heteroatoms. The summed E-state index contributed by atoms with van der Waals surface area (Å²) in [6, 6.07) is 12.1. The van der Waals surface area contributed by atoms with Crippen LogP contribution < -0.4 is 5.32 Å². The van der Waals surface area contributed by atoms with Crippen molar-refractivity contribution in [3.63, 3.8) is 0 Å². The summed E-state index contributed by atoms with van der Waals surface area (Å²) in [4.78, 5) is 0. The molecule has 0 aromatic heterocycles. The van der Waals surface area contributed by atoms with Crippen molar-refractivity contribution in [3.8, 4) is 5.75 Å². The van der Waals surface area contributed by atoms with Gasteiger partial charge in [0.1, 0.15) is 5.75 Å². The predicted octanol–water partition coefficient (Wildman–Crippen LogP) is 4.51. The van der Waals surface area contributed by atoms with Crippen molar-refractivity contribution >= 4 is 11.6 Å². The van der Waals surface area contributed by atoms with Crippen LogP contribution in [-0.2, 0) is 6.54 Å². The van der Waals surface area contributed by atoms with Crippen LogP contribution in [0, 0.1) is 13.8 Å². The van der Waals surface area contributed by atoms with Gasteiger partial charge in [0, 0.05) is 12.6 Å². The molecular weight excluding hydrogens is 270 g/mol. The summed E-state index contributed by atoms with van der Waals surface area (Å²) in [7, 11) is 0. The first-order chi connectivity index (χ1) is 9.47. The zero-order valence-electron chi connectivity index (χ0n) is 12.1. The fraction of sp³-hybridized carbons (Fsp3) is 0.294. The number of benzene rings is 2. The zero-order valence-corrected chi connectivity index (χ0v) is 12.8. The maximum atomic E-state index is 9.41. The van der Waals surface area contributed by atoms with Gasteiger partial charge in [-0.25, -0.2) is 0 Å². The molecule has 2 aromatic rings. The van der Waals surface area contributed by atoms with Crippen molar-refractivity contribution in [2.24, 2.45) is 0 Å². The quantitative estimate of drug-likeness (QED) is 0.868. The van der Waals surface area contributed by atoms with E-state index in [0.29, 0.717) is 11.6 Å². The predicted molar refractivity (Wildman–Crippen MR) is 84.3 cm³/mol. The number of phenolic OH excluding ortho intramolecular Hbond substituents is 1. The third-order valence-corrected chi connectivity index (χ3v) is 3.83. The lowest BCUT2D eigenvalue weighted by molar-refractivity contribution is 0.475. The van der Waals surface area contributed by atoms with Crippen LogP contribution in [0.5, 0.6) is 5.75 Å². The van der Waals surface area contributed by atoms with E-state index in [0.717, 1.165) is 5.56 Å². The van der Waals surface area contributed by atoms with Gasteiger partial charge in [-0.2, -0.15) is 0 Å². The average Bonchev–Trinajstić information content (AvgIpc) is 2.42. The van der Waals surface area contributed by atoms with E-state index in [1.165, 1.54) is 16.7 Å². The lowest BCUT2D eigenvalue weighted by Gasteiger charge is -2.17. The number of halogens is 1. The second kappa shape index (κ2) is 6.29. The molecular formula is C17H20ClNO. The number of hydrogen-bond acceptors (Lipinski definition) is 2. The first-order valence-electron chi connectivity index (χ1n) is 6.75. The Bertz CT molecular complexity index is 610. The van der Waals surface area contributed by atoms with Crippen LogP contribution in [-0.4, -0.2) is 5.11 Å². The molecule has 0 saturated carbocycles. The lowest BCUT2D eigenvalue weighted by atomic mass is 10.00.